The molecule has 4 nitrogen and oxygen atoms in total. The van der Waals surface area contributed by atoms with E-state index in [9.17, 15) is 9.59 Å². The maximum atomic E-state index is 11.7. The second-order valence-corrected chi connectivity index (χ2v) is 4.90. The highest BCUT2D eigenvalue weighted by Gasteiger charge is 2.26. The Kier molecular flexibility index (Phi) is 3.42. The Hall–Kier alpha value is -1.11. The molecule has 1 fully saturated rings. The Bertz CT molecular complexity index is 416. The molecule has 5 heteroatoms. The van der Waals surface area contributed by atoms with Crippen molar-refractivity contribution in [1.82, 2.24) is 5.32 Å². The van der Waals surface area contributed by atoms with Crippen molar-refractivity contribution >= 4 is 40.1 Å². The van der Waals surface area contributed by atoms with Crippen LogP contribution in [0.15, 0.2) is 24.3 Å². The zero-order valence-corrected chi connectivity index (χ0v) is 10.7. The number of benzene rings is 1. The predicted molar refractivity (Wildman–Crippen MR) is 69.0 cm³/mol. The highest BCUT2D eigenvalue weighted by atomic mass is 127. The molecule has 0 saturated carbocycles. The molecule has 1 aromatic carbocycles. The molecular weight excluding hydrogens is 319 g/mol. The average Bonchev–Trinajstić information content (AvgIpc) is 2.68. The highest BCUT2D eigenvalue weighted by Crippen LogP contribution is 2.13. The second kappa shape index (κ2) is 4.82. The number of nitrogens with one attached hydrogen (secondary N) is 2. The van der Waals surface area contributed by atoms with E-state index < -0.39 is 0 Å². The molecule has 1 aliphatic rings. The zero-order chi connectivity index (χ0) is 11.5. The van der Waals surface area contributed by atoms with E-state index in [0.29, 0.717) is 12.8 Å². The van der Waals surface area contributed by atoms with Crippen LogP contribution >= 0.6 is 22.6 Å². The molecule has 1 aliphatic heterocycles. The van der Waals surface area contributed by atoms with E-state index in [1.165, 1.54) is 0 Å². The summed E-state index contributed by atoms with van der Waals surface area (Å²) in [6.45, 7) is 0. The van der Waals surface area contributed by atoms with Crippen molar-refractivity contribution < 1.29 is 9.59 Å². The molecule has 1 saturated heterocycles. The molecule has 1 atom stereocenters. The van der Waals surface area contributed by atoms with Gasteiger partial charge in [-0.05, 0) is 53.3 Å². The molecule has 0 aliphatic carbocycles. The summed E-state index contributed by atoms with van der Waals surface area (Å²) < 4.78 is 1.12. The number of anilines is 1. The van der Waals surface area contributed by atoms with Gasteiger partial charge in [-0.2, -0.15) is 0 Å². The molecule has 16 heavy (non-hydrogen) atoms. The standard InChI is InChI=1S/C11H11IN2O2/c12-7-1-3-8(4-2-7)13-11(16)9-5-6-10(15)14-9/h1-4,9H,5-6H2,(H,13,16)(H,14,15). The zero-order valence-electron chi connectivity index (χ0n) is 8.50. The first-order valence-corrected chi connectivity index (χ1v) is 6.09. The van der Waals surface area contributed by atoms with Crippen LogP contribution in [0.3, 0.4) is 0 Å². The van der Waals surface area contributed by atoms with Crippen molar-refractivity contribution in [2.75, 3.05) is 5.32 Å². The van der Waals surface area contributed by atoms with Gasteiger partial charge in [0.25, 0.3) is 0 Å². The van der Waals surface area contributed by atoms with E-state index in [2.05, 4.69) is 33.2 Å². The van der Waals surface area contributed by atoms with Crippen molar-refractivity contribution in [3.05, 3.63) is 27.8 Å². The van der Waals surface area contributed by atoms with Gasteiger partial charge in [0.2, 0.25) is 11.8 Å². The Morgan fingerprint density at radius 2 is 2.06 bits per heavy atom. The van der Waals surface area contributed by atoms with Crippen LogP contribution in [-0.4, -0.2) is 17.9 Å². The van der Waals surface area contributed by atoms with Gasteiger partial charge < -0.3 is 10.6 Å². The second-order valence-electron chi connectivity index (χ2n) is 3.65. The number of hydrogen-bond acceptors (Lipinski definition) is 2. The Labute approximate surface area is 107 Å². The van der Waals surface area contributed by atoms with Crippen LogP contribution in [-0.2, 0) is 9.59 Å². The third kappa shape index (κ3) is 2.72. The van der Waals surface area contributed by atoms with Gasteiger partial charge >= 0.3 is 0 Å². The van der Waals surface area contributed by atoms with Gasteiger partial charge in [-0.15, -0.1) is 0 Å². The summed E-state index contributed by atoms with van der Waals surface area (Å²) in [4.78, 5) is 22.7. The third-order valence-corrected chi connectivity index (χ3v) is 3.14. The Morgan fingerprint density at radius 3 is 2.62 bits per heavy atom. The first-order chi connectivity index (χ1) is 7.65. The normalized spacial score (nSPS) is 19.3. The summed E-state index contributed by atoms with van der Waals surface area (Å²) >= 11 is 2.20. The molecule has 2 amide bonds. The van der Waals surface area contributed by atoms with Gasteiger partial charge in [0, 0.05) is 15.7 Å². The fraction of sp³-hybridized carbons (Fsp3) is 0.273. The lowest BCUT2D eigenvalue weighted by Crippen LogP contribution is -2.37. The number of carbonyl (C=O) groups is 2. The fourth-order valence-corrected chi connectivity index (χ4v) is 1.93. The maximum absolute atomic E-state index is 11.7. The van der Waals surface area contributed by atoms with E-state index in [1.54, 1.807) is 0 Å². The topological polar surface area (TPSA) is 58.2 Å². The number of rotatable bonds is 2. The van der Waals surface area contributed by atoms with E-state index in [4.69, 9.17) is 0 Å². The van der Waals surface area contributed by atoms with Gasteiger partial charge in [0.1, 0.15) is 6.04 Å². The Morgan fingerprint density at radius 1 is 1.38 bits per heavy atom. The van der Waals surface area contributed by atoms with E-state index >= 15 is 0 Å². The van der Waals surface area contributed by atoms with Crippen molar-refractivity contribution in [3.8, 4) is 0 Å². The summed E-state index contributed by atoms with van der Waals surface area (Å²) in [7, 11) is 0. The monoisotopic (exact) mass is 330 g/mol. The molecule has 0 spiro atoms. The van der Waals surface area contributed by atoms with Gasteiger partial charge in [-0.1, -0.05) is 0 Å². The van der Waals surface area contributed by atoms with Crippen LogP contribution in [0.1, 0.15) is 12.8 Å². The molecule has 0 bridgehead atoms. The quantitative estimate of drug-likeness (QED) is 0.808. The smallest absolute Gasteiger partial charge is 0.246 e. The van der Waals surface area contributed by atoms with Crippen LogP contribution in [0.2, 0.25) is 0 Å². The maximum Gasteiger partial charge on any atom is 0.246 e. The molecule has 2 rings (SSSR count). The van der Waals surface area contributed by atoms with E-state index in [1.807, 2.05) is 24.3 Å². The molecular formula is C11H11IN2O2. The van der Waals surface area contributed by atoms with Crippen molar-refractivity contribution in [2.24, 2.45) is 0 Å². The van der Waals surface area contributed by atoms with Crippen molar-refractivity contribution in [3.63, 3.8) is 0 Å². The largest absolute Gasteiger partial charge is 0.344 e. The molecule has 0 aromatic heterocycles. The highest BCUT2D eigenvalue weighted by molar-refractivity contribution is 14.1. The minimum Gasteiger partial charge on any atom is -0.344 e. The fourth-order valence-electron chi connectivity index (χ4n) is 1.57. The van der Waals surface area contributed by atoms with E-state index in [0.717, 1.165) is 9.26 Å². The molecule has 2 N–H and O–H groups in total. The van der Waals surface area contributed by atoms with Crippen LogP contribution in [0, 0.1) is 3.57 Å². The van der Waals surface area contributed by atoms with E-state index in [-0.39, 0.29) is 17.9 Å². The Balaban J connectivity index is 1.97. The minimum absolute atomic E-state index is 0.0530. The predicted octanol–water partition coefficient (Wildman–Crippen LogP) is 1.51. The van der Waals surface area contributed by atoms with Crippen molar-refractivity contribution in [1.29, 1.82) is 0 Å². The summed E-state index contributed by atoms with van der Waals surface area (Å²) in [5.74, 6) is -0.199. The van der Waals surface area contributed by atoms with Crippen molar-refractivity contribution in [2.45, 2.75) is 18.9 Å². The van der Waals surface area contributed by atoms with Gasteiger partial charge in [0.15, 0.2) is 0 Å². The van der Waals surface area contributed by atoms with Gasteiger partial charge in [-0.25, -0.2) is 0 Å². The molecule has 84 valence electrons. The lowest BCUT2D eigenvalue weighted by molar-refractivity contribution is -0.122. The van der Waals surface area contributed by atoms with Crippen LogP contribution in [0.5, 0.6) is 0 Å². The first-order valence-electron chi connectivity index (χ1n) is 5.01. The number of amides is 2. The summed E-state index contributed by atoms with van der Waals surface area (Å²) in [5.41, 5.74) is 0.756. The summed E-state index contributed by atoms with van der Waals surface area (Å²) in [5, 5.41) is 5.41. The number of halogens is 1. The van der Waals surface area contributed by atoms with Gasteiger partial charge in [-0.3, -0.25) is 9.59 Å². The minimum atomic E-state index is -0.383. The number of hydrogen-bond donors (Lipinski definition) is 2. The van der Waals surface area contributed by atoms with Crippen LogP contribution < -0.4 is 10.6 Å². The van der Waals surface area contributed by atoms with Crippen LogP contribution in [0.4, 0.5) is 5.69 Å². The average molecular weight is 330 g/mol. The van der Waals surface area contributed by atoms with Crippen LogP contribution in [0.25, 0.3) is 0 Å². The molecule has 1 aromatic rings. The van der Waals surface area contributed by atoms with Gasteiger partial charge in [0.05, 0.1) is 0 Å². The molecule has 1 unspecified atom stereocenters. The lowest BCUT2D eigenvalue weighted by Gasteiger charge is -2.10. The summed E-state index contributed by atoms with van der Waals surface area (Å²) in [6, 6.07) is 7.14. The lowest BCUT2D eigenvalue weighted by atomic mass is 10.2. The first kappa shape index (κ1) is 11.4. The molecule has 0 radical (unpaired) electrons. The number of carbonyl (C=O) groups excluding carboxylic acids is 2. The molecule has 1 heterocycles. The summed E-state index contributed by atoms with van der Waals surface area (Å²) in [6.07, 6.45) is 1.01. The SMILES string of the molecule is O=C1CCC(C(=O)Nc2ccc(I)cc2)N1. The third-order valence-electron chi connectivity index (χ3n) is 2.42.